The van der Waals surface area contributed by atoms with Gasteiger partial charge < -0.3 is 4.52 Å². The van der Waals surface area contributed by atoms with Crippen LogP contribution in [0.5, 0.6) is 0 Å². The van der Waals surface area contributed by atoms with E-state index in [0.29, 0.717) is 0 Å². The summed E-state index contributed by atoms with van der Waals surface area (Å²) in [5.74, 6) is 0. The molecule has 4 heteroatoms. The third-order valence-corrected chi connectivity index (χ3v) is 1.49. The van der Waals surface area contributed by atoms with Gasteiger partial charge in [-0.15, -0.1) is 0 Å². The van der Waals surface area contributed by atoms with Gasteiger partial charge in [0.1, 0.15) is 7.58 Å². The Labute approximate surface area is 40.5 Å². The second kappa shape index (κ2) is 4.70. The maximum atomic E-state index is 4.52. The molecule has 0 saturated carbocycles. The Bertz CT molecular complexity index is 56.7. The highest BCUT2D eigenvalue weighted by atomic mass is 32.9. The fourth-order valence-electron chi connectivity index (χ4n) is 0.0304. The molecule has 0 N–H and O–H groups in total. The van der Waals surface area contributed by atoms with Crippen molar-refractivity contribution >= 4 is 28.3 Å². The van der Waals surface area contributed by atoms with Crippen LogP contribution in [-0.4, -0.2) is 7.11 Å². The van der Waals surface area contributed by atoms with E-state index in [1.165, 1.54) is 9.50 Å². The average Bonchev–Trinajstić information content (AvgIpc) is 1.41. The molecule has 0 aliphatic rings. The number of hydrogen-bond donors (Lipinski definition) is 0. The molecule has 0 aromatic carbocycles. The first kappa shape index (κ1) is 5.70. The van der Waals surface area contributed by atoms with E-state index in [0.717, 1.165) is 7.58 Å². The quantitative estimate of drug-likeness (QED) is 0.484. The van der Waals surface area contributed by atoms with E-state index in [1.807, 2.05) is 0 Å². The molecule has 0 unspecified atom stereocenters. The van der Waals surface area contributed by atoms with Crippen molar-refractivity contribution in [1.29, 1.82) is 0 Å². The van der Waals surface area contributed by atoms with Crippen molar-refractivity contribution in [2.24, 2.45) is 0 Å². The van der Waals surface area contributed by atoms with Gasteiger partial charge in [0.2, 0.25) is 0 Å². The zero-order chi connectivity index (χ0) is 4.12. The zero-order valence-corrected chi connectivity index (χ0v) is 5.20. The van der Waals surface area contributed by atoms with E-state index >= 15 is 0 Å². The largest absolute Gasteiger partial charge is 0.321 e. The summed E-state index contributed by atoms with van der Waals surface area (Å²) in [5.41, 5.74) is 0. The number of rotatable bonds is 1. The molecule has 0 aliphatic carbocycles. The van der Waals surface area contributed by atoms with Crippen molar-refractivity contribution in [3.63, 3.8) is 0 Å². The second-order valence-electron chi connectivity index (χ2n) is 0.332. The molecule has 0 aromatic heterocycles. The third-order valence-electron chi connectivity index (χ3n) is 0.105. The first-order valence-corrected chi connectivity index (χ1v) is 4.10. The minimum Gasteiger partial charge on any atom is -0.321 e. The van der Waals surface area contributed by atoms with Gasteiger partial charge >= 0.3 is 0 Å². The summed E-state index contributed by atoms with van der Waals surface area (Å²) >= 11 is 4.43. The van der Waals surface area contributed by atoms with E-state index in [9.17, 15) is 0 Å². The van der Waals surface area contributed by atoms with Gasteiger partial charge in [-0.25, -0.2) is 0 Å². The fraction of sp³-hybridized carbons (Fsp3) is 1.00. The van der Waals surface area contributed by atoms with E-state index in [1.54, 1.807) is 7.11 Å². The first-order chi connectivity index (χ1) is 2.41. The molecule has 0 heterocycles. The normalized spacial score (nSPS) is 8.20. The SMILES string of the molecule is COP=S=S. The van der Waals surface area contributed by atoms with Crippen LogP contribution >= 0.6 is 7.58 Å². The summed E-state index contributed by atoms with van der Waals surface area (Å²) in [6.45, 7) is 0. The summed E-state index contributed by atoms with van der Waals surface area (Å²) < 4.78 is 4.52. The maximum Gasteiger partial charge on any atom is 0.137 e. The average molecular weight is 126 g/mol. The topological polar surface area (TPSA) is 9.23 Å². The zero-order valence-electron chi connectivity index (χ0n) is 2.67. The van der Waals surface area contributed by atoms with Crippen LogP contribution in [-0.2, 0) is 25.2 Å². The Morgan fingerprint density at radius 1 is 2.00 bits per heavy atom. The van der Waals surface area contributed by atoms with Gasteiger partial charge in [-0.3, -0.25) is 0 Å². The van der Waals surface area contributed by atoms with Crippen LogP contribution in [0.1, 0.15) is 0 Å². The summed E-state index contributed by atoms with van der Waals surface area (Å²) in [7, 11) is 3.66. The summed E-state index contributed by atoms with van der Waals surface area (Å²) in [5, 5.41) is 0. The molecule has 1 nitrogen and oxygen atoms in total. The molecular weight excluding hydrogens is 123 g/mol. The van der Waals surface area contributed by atoms with Crippen LogP contribution in [0, 0.1) is 0 Å². The van der Waals surface area contributed by atoms with Crippen molar-refractivity contribution in [3.05, 3.63) is 0 Å². The highest BCUT2D eigenvalue weighted by Gasteiger charge is 1.48. The van der Waals surface area contributed by atoms with Crippen LogP contribution < -0.4 is 0 Å². The summed E-state index contributed by atoms with van der Waals surface area (Å²) in [6.07, 6.45) is 0. The van der Waals surface area contributed by atoms with Crippen molar-refractivity contribution in [1.82, 2.24) is 0 Å². The molecule has 0 spiro atoms. The Hall–Kier alpha value is 0.700. The highest BCUT2D eigenvalue weighted by molar-refractivity contribution is 8.30. The minimum atomic E-state index is 0.812. The van der Waals surface area contributed by atoms with Gasteiger partial charge in [0, 0.05) is 7.11 Å². The Morgan fingerprint density at radius 3 is 2.60 bits per heavy atom. The molecule has 0 fully saturated rings. The van der Waals surface area contributed by atoms with E-state index < -0.39 is 0 Å². The molecule has 0 radical (unpaired) electrons. The van der Waals surface area contributed by atoms with Crippen molar-refractivity contribution in [2.75, 3.05) is 7.11 Å². The lowest BCUT2D eigenvalue weighted by Crippen LogP contribution is -1.43. The molecule has 0 saturated heterocycles. The third kappa shape index (κ3) is 4.70. The highest BCUT2D eigenvalue weighted by Crippen LogP contribution is 1.87. The van der Waals surface area contributed by atoms with Crippen LogP contribution in [0.4, 0.5) is 0 Å². The molecule has 0 aliphatic heterocycles. The smallest absolute Gasteiger partial charge is 0.137 e. The Morgan fingerprint density at radius 2 is 2.60 bits per heavy atom. The minimum absolute atomic E-state index is 0.812. The molecule has 0 bridgehead atoms. The predicted octanol–water partition coefficient (Wildman–Crippen LogP) is 0.954. The van der Waals surface area contributed by atoms with Gasteiger partial charge in [0.05, 0.1) is 0 Å². The predicted molar refractivity (Wildman–Crippen MR) is 28.7 cm³/mol. The van der Waals surface area contributed by atoms with E-state index in [2.05, 4.69) is 15.7 Å². The van der Waals surface area contributed by atoms with Gasteiger partial charge in [-0.2, -0.15) is 0 Å². The second-order valence-corrected chi connectivity index (χ2v) is 3.23. The van der Waals surface area contributed by atoms with Gasteiger partial charge in [-0.05, 0) is 20.7 Å². The van der Waals surface area contributed by atoms with Crippen molar-refractivity contribution < 1.29 is 4.52 Å². The van der Waals surface area contributed by atoms with E-state index in [-0.39, 0.29) is 0 Å². The summed E-state index contributed by atoms with van der Waals surface area (Å²) in [6, 6.07) is 0. The molecular formula is CH3OPS2. The van der Waals surface area contributed by atoms with Crippen LogP contribution in [0.15, 0.2) is 0 Å². The lowest BCUT2D eigenvalue weighted by molar-refractivity contribution is 0.487. The van der Waals surface area contributed by atoms with Gasteiger partial charge in [-0.1, -0.05) is 0 Å². The van der Waals surface area contributed by atoms with E-state index in [4.69, 9.17) is 0 Å². The van der Waals surface area contributed by atoms with Crippen LogP contribution in [0.25, 0.3) is 0 Å². The maximum absolute atomic E-state index is 4.52. The monoisotopic (exact) mass is 126 g/mol. The van der Waals surface area contributed by atoms with Gasteiger partial charge in [0.25, 0.3) is 0 Å². The Kier molecular flexibility index (Phi) is 5.36. The van der Waals surface area contributed by atoms with Crippen molar-refractivity contribution in [3.8, 4) is 0 Å². The lowest BCUT2D eigenvalue weighted by atomic mass is 11.8. The van der Waals surface area contributed by atoms with Crippen LogP contribution in [0.3, 0.4) is 0 Å². The summed E-state index contributed by atoms with van der Waals surface area (Å²) in [4.78, 5) is 0. The molecule has 5 heavy (non-hydrogen) atoms. The Balaban J connectivity index is 2.93. The lowest BCUT2D eigenvalue weighted by Gasteiger charge is -1.63. The number of hydrogen-bond acceptors (Lipinski definition) is 2. The van der Waals surface area contributed by atoms with Crippen LogP contribution in [0.2, 0.25) is 0 Å². The first-order valence-electron chi connectivity index (χ1n) is 0.940. The molecule has 0 rings (SSSR count). The molecule has 0 amide bonds. The molecule has 0 atom stereocenters. The van der Waals surface area contributed by atoms with Gasteiger partial charge in [0.15, 0.2) is 0 Å². The standard InChI is InChI=1S/CH3OPS2/c1-2-3-5-4/h1H3. The molecule has 0 aromatic rings. The van der Waals surface area contributed by atoms with Crippen molar-refractivity contribution in [2.45, 2.75) is 0 Å². The fourth-order valence-corrected chi connectivity index (χ4v) is 0.822. The molecule has 30 valence electrons.